The van der Waals surface area contributed by atoms with Crippen molar-refractivity contribution < 1.29 is 4.74 Å². The zero-order valence-electron chi connectivity index (χ0n) is 9.09. The summed E-state index contributed by atoms with van der Waals surface area (Å²) in [5, 5.41) is 3.73. The number of rotatable bonds is 5. The van der Waals surface area contributed by atoms with Gasteiger partial charge in [0.15, 0.2) is 0 Å². The van der Waals surface area contributed by atoms with Crippen LogP contribution in [0.4, 0.5) is 0 Å². The van der Waals surface area contributed by atoms with Crippen LogP contribution in [0, 0.1) is 11.3 Å². The second-order valence-electron chi connectivity index (χ2n) is 5.54. The topological polar surface area (TPSA) is 21.3 Å². The van der Waals surface area contributed by atoms with E-state index in [2.05, 4.69) is 5.32 Å². The third-order valence-corrected chi connectivity index (χ3v) is 4.51. The molecule has 0 aliphatic heterocycles. The maximum atomic E-state index is 5.28. The fraction of sp³-hybridized carbons (Fsp3) is 1.00. The van der Waals surface area contributed by atoms with Gasteiger partial charge in [0.2, 0.25) is 0 Å². The van der Waals surface area contributed by atoms with Crippen molar-refractivity contribution in [2.75, 3.05) is 13.7 Å². The summed E-state index contributed by atoms with van der Waals surface area (Å²) in [6.45, 7) is 1.29. The van der Waals surface area contributed by atoms with Gasteiger partial charge in [-0.1, -0.05) is 0 Å². The van der Waals surface area contributed by atoms with Gasteiger partial charge in [0, 0.05) is 19.7 Å². The molecule has 0 unspecified atom stereocenters. The smallest absolute Gasteiger partial charge is 0.0601 e. The molecule has 3 rings (SSSR count). The van der Waals surface area contributed by atoms with Gasteiger partial charge in [-0.05, 0) is 49.9 Å². The summed E-state index contributed by atoms with van der Waals surface area (Å²) < 4.78 is 5.28. The highest BCUT2D eigenvalue weighted by molar-refractivity contribution is 5.05. The minimum Gasteiger partial charge on any atom is -0.381 e. The summed E-state index contributed by atoms with van der Waals surface area (Å²) in [6.07, 6.45) is 9.01. The molecule has 0 spiro atoms. The molecule has 1 N–H and O–H groups in total. The predicted molar refractivity (Wildman–Crippen MR) is 56.2 cm³/mol. The van der Waals surface area contributed by atoms with Crippen LogP contribution in [0.3, 0.4) is 0 Å². The Kier molecular flexibility index (Phi) is 2.10. The lowest BCUT2D eigenvalue weighted by atomic mass is 9.88. The summed E-state index contributed by atoms with van der Waals surface area (Å²) in [5.74, 6) is 1.09. The van der Waals surface area contributed by atoms with Crippen molar-refractivity contribution in [3.63, 3.8) is 0 Å². The minimum atomic E-state index is 0.545. The summed E-state index contributed by atoms with van der Waals surface area (Å²) >= 11 is 0. The fourth-order valence-electron chi connectivity index (χ4n) is 2.86. The molecule has 14 heavy (non-hydrogen) atoms. The van der Waals surface area contributed by atoms with Crippen LogP contribution in [-0.2, 0) is 4.74 Å². The SMILES string of the molecule is COC1CC(NCC2(C3CC3)CC2)C1. The van der Waals surface area contributed by atoms with E-state index in [1.807, 2.05) is 7.11 Å². The molecule has 2 nitrogen and oxygen atoms in total. The van der Waals surface area contributed by atoms with Crippen LogP contribution in [-0.4, -0.2) is 25.8 Å². The zero-order valence-corrected chi connectivity index (χ0v) is 9.09. The molecule has 3 aliphatic rings. The van der Waals surface area contributed by atoms with Gasteiger partial charge in [-0.25, -0.2) is 0 Å². The number of hydrogen-bond donors (Lipinski definition) is 1. The lowest BCUT2D eigenvalue weighted by Crippen LogP contribution is -2.47. The van der Waals surface area contributed by atoms with Gasteiger partial charge >= 0.3 is 0 Å². The Bertz CT molecular complexity index is 214. The van der Waals surface area contributed by atoms with Crippen LogP contribution in [0.25, 0.3) is 0 Å². The van der Waals surface area contributed by atoms with Crippen molar-refractivity contribution >= 4 is 0 Å². The van der Waals surface area contributed by atoms with E-state index in [0.29, 0.717) is 6.10 Å². The third-order valence-electron chi connectivity index (χ3n) is 4.51. The fourth-order valence-corrected chi connectivity index (χ4v) is 2.86. The molecule has 0 aromatic heterocycles. The van der Waals surface area contributed by atoms with Gasteiger partial charge in [-0.15, -0.1) is 0 Å². The number of ether oxygens (including phenoxy) is 1. The summed E-state index contributed by atoms with van der Waals surface area (Å²) in [6, 6.07) is 0.760. The molecule has 3 saturated carbocycles. The first-order chi connectivity index (χ1) is 6.82. The van der Waals surface area contributed by atoms with Gasteiger partial charge < -0.3 is 10.1 Å². The first-order valence-electron chi connectivity index (χ1n) is 6.09. The predicted octanol–water partition coefficient (Wildman–Crippen LogP) is 1.94. The molecule has 0 aromatic rings. The Morgan fingerprint density at radius 1 is 1.29 bits per heavy atom. The van der Waals surface area contributed by atoms with Gasteiger partial charge in [0.05, 0.1) is 6.10 Å². The standard InChI is InChI=1S/C12H21NO/c1-14-11-6-10(7-11)13-8-12(4-5-12)9-2-3-9/h9-11,13H,2-8H2,1H3. The molecule has 0 amide bonds. The molecule has 0 heterocycles. The molecule has 0 aromatic carbocycles. The van der Waals surface area contributed by atoms with Crippen molar-refractivity contribution in [3.05, 3.63) is 0 Å². The molecular weight excluding hydrogens is 174 g/mol. The monoisotopic (exact) mass is 195 g/mol. The van der Waals surface area contributed by atoms with E-state index in [9.17, 15) is 0 Å². The summed E-state index contributed by atoms with van der Waals surface area (Å²) in [5.41, 5.74) is 0.762. The Balaban J connectivity index is 1.39. The first-order valence-corrected chi connectivity index (χ1v) is 6.09. The second-order valence-corrected chi connectivity index (χ2v) is 5.54. The molecule has 0 radical (unpaired) electrons. The van der Waals surface area contributed by atoms with Crippen LogP contribution >= 0.6 is 0 Å². The highest BCUT2D eigenvalue weighted by Crippen LogP contribution is 2.60. The van der Waals surface area contributed by atoms with Crippen molar-refractivity contribution in [1.29, 1.82) is 0 Å². The van der Waals surface area contributed by atoms with Crippen LogP contribution in [0.2, 0.25) is 0 Å². The molecule has 0 saturated heterocycles. The number of nitrogens with one attached hydrogen (secondary N) is 1. The molecule has 3 aliphatic carbocycles. The maximum Gasteiger partial charge on any atom is 0.0601 e. The van der Waals surface area contributed by atoms with Crippen LogP contribution in [0.5, 0.6) is 0 Å². The Morgan fingerprint density at radius 3 is 2.50 bits per heavy atom. The molecular formula is C12H21NO. The Hall–Kier alpha value is -0.0800. The highest BCUT2D eigenvalue weighted by atomic mass is 16.5. The van der Waals surface area contributed by atoms with E-state index >= 15 is 0 Å². The van der Waals surface area contributed by atoms with Gasteiger partial charge in [-0.3, -0.25) is 0 Å². The average molecular weight is 195 g/mol. The van der Waals surface area contributed by atoms with E-state index in [1.54, 1.807) is 0 Å². The van der Waals surface area contributed by atoms with E-state index in [-0.39, 0.29) is 0 Å². The normalized spacial score (nSPS) is 39.2. The Labute approximate surface area is 86.4 Å². The van der Waals surface area contributed by atoms with E-state index < -0.39 is 0 Å². The summed E-state index contributed by atoms with van der Waals surface area (Å²) in [7, 11) is 1.83. The summed E-state index contributed by atoms with van der Waals surface area (Å²) in [4.78, 5) is 0. The van der Waals surface area contributed by atoms with Crippen molar-refractivity contribution in [2.45, 2.75) is 50.7 Å². The van der Waals surface area contributed by atoms with Gasteiger partial charge in [0.1, 0.15) is 0 Å². The van der Waals surface area contributed by atoms with Crippen molar-refractivity contribution in [3.8, 4) is 0 Å². The zero-order chi connectivity index (χ0) is 9.60. The maximum absolute atomic E-state index is 5.28. The van der Waals surface area contributed by atoms with Gasteiger partial charge in [-0.2, -0.15) is 0 Å². The largest absolute Gasteiger partial charge is 0.381 e. The lowest BCUT2D eigenvalue weighted by Gasteiger charge is -2.36. The van der Waals surface area contributed by atoms with Gasteiger partial charge in [0.25, 0.3) is 0 Å². The van der Waals surface area contributed by atoms with Crippen LogP contribution < -0.4 is 5.32 Å². The average Bonchev–Trinajstić information content (AvgIpc) is 2.97. The quantitative estimate of drug-likeness (QED) is 0.724. The number of hydrogen-bond acceptors (Lipinski definition) is 2. The third kappa shape index (κ3) is 1.59. The second kappa shape index (κ2) is 3.21. The molecule has 0 atom stereocenters. The molecule has 0 bridgehead atoms. The van der Waals surface area contributed by atoms with Crippen LogP contribution in [0.15, 0.2) is 0 Å². The van der Waals surface area contributed by atoms with E-state index in [4.69, 9.17) is 4.74 Å². The molecule has 80 valence electrons. The van der Waals surface area contributed by atoms with Crippen molar-refractivity contribution in [1.82, 2.24) is 5.32 Å². The van der Waals surface area contributed by atoms with Crippen LogP contribution in [0.1, 0.15) is 38.5 Å². The molecule has 3 fully saturated rings. The minimum absolute atomic E-state index is 0.545. The molecule has 2 heteroatoms. The van der Waals surface area contributed by atoms with Crippen molar-refractivity contribution in [2.24, 2.45) is 11.3 Å². The van der Waals surface area contributed by atoms with E-state index in [1.165, 1.54) is 45.1 Å². The first kappa shape index (κ1) is 9.17. The highest BCUT2D eigenvalue weighted by Gasteiger charge is 2.53. The number of methoxy groups -OCH3 is 1. The van der Waals surface area contributed by atoms with E-state index in [0.717, 1.165) is 17.4 Å². The lowest BCUT2D eigenvalue weighted by molar-refractivity contribution is 0.0158. The Morgan fingerprint density at radius 2 is 2.00 bits per heavy atom.